The Labute approximate surface area is 123 Å². The van der Waals surface area contributed by atoms with E-state index >= 15 is 0 Å². The number of ether oxygens (including phenoxy) is 1. The Morgan fingerprint density at radius 3 is 2.62 bits per heavy atom. The first-order chi connectivity index (χ1) is 10.2. The van der Waals surface area contributed by atoms with Crippen molar-refractivity contribution in [1.82, 2.24) is 4.90 Å². The molecule has 0 aliphatic carbocycles. The van der Waals surface area contributed by atoms with Crippen molar-refractivity contribution in [2.45, 2.75) is 6.10 Å². The molecule has 5 nitrogen and oxygen atoms in total. The molecule has 1 atom stereocenters. The fourth-order valence-electron chi connectivity index (χ4n) is 2.44. The number of morpholine rings is 1. The lowest BCUT2D eigenvalue weighted by atomic mass is 10.1. The number of carbonyl (C=O) groups excluding carboxylic acids is 1. The Morgan fingerprint density at radius 1 is 1.19 bits per heavy atom. The van der Waals surface area contributed by atoms with Crippen molar-refractivity contribution < 1.29 is 14.3 Å². The lowest BCUT2D eigenvalue weighted by Gasteiger charge is -2.33. The van der Waals surface area contributed by atoms with Crippen LogP contribution >= 0.6 is 0 Å². The summed E-state index contributed by atoms with van der Waals surface area (Å²) in [5.41, 5.74) is 1.59. The van der Waals surface area contributed by atoms with Crippen molar-refractivity contribution in [1.29, 1.82) is 0 Å². The van der Waals surface area contributed by atoms with E-state index in [1.807, 2.05) is 30.3 Å². The van der Waals surface area contributed by atoms with Gasteiger partial charge in [0.05, 0.1) is 18.7 Å². The van der Waals surface area contributed by atoms with E-state index in [-0.39, 0.29) is 12.0 Å². The lowest BCUT2D eigenvalue weighted by molar-refractivity contribution is -0.605. The first-order valence-corrected chi connectivity index (χ1v) is 6.89. The van der Waals surface area contributed by atoms with E-state index in [1.54, 1.807) is 17.0 Å². The third-order valence-corrected chi connectivity index (χ3v) is 3.57. The molecule has 108 valence electrons. The molecule has 0 saturated carbocycles. The number of rotatable bonds is 2. The minimum Gasteiger partial charge on any atom is -0.619 e. The van der Waals surface area contributed by atoms with E-state index in [4.69, 9.17) is 4.74 Å². The Kier molecular flexibility index (Phi) is 3.83. The van der Waals surface area contributed by atoms with Gasteiger partial charge >= 0.3 is 0 Å². The van der Waals surface area contributed by atoms with Crippen molar-refractivity contribution in [3.05, 3.63) is 71.2 Å². The van der Waals surface area contributed by atoms with E-state index in [2.05, 4.69) is 0 Å². The maximum atomic E-state index is 12.4. The number of amides is 1. The number of pyridine rings is 1. The van der Waals surface area contributed by atoms with Crippen LogP contribution in [0, 0.1) is 5.21 Å². The van der Waals surface area contributed by atoms with Crippen LogP contribution in [0.1, 0.15) is 22.0 Å². The molecule has 2 aromatic rings. The van der Waals surface area contributed by atoms with Crippen molar-refractivity contribution in [3.8, 4) is 0 Å². The van der Waals surface area contributed by atoms with Crippen molar-refractivity contribution in [2.75, 3.05) is 19.7 Å². The Bertz CT molecular complexity index is 613. The van der Waals surface area contributed by atoms with Crippen LogP contribution in [-0.2, 0) is 4.74 Å². The molecule has 2 heterocycles. The highest BCUT2D eigenvalue weighted by atomic mass is 16.5. The van der Waals surface area contributed by atoms with E-state index < -0.39 is 0 Å². The summed E-state index contributed by atoms with van der Waals surface area (Å²) in [6, 6.07) is 13.0. The van der Waals surface area contributed by atoms with Crippen LogP contribution in [0.2, 0.25) is 0 Å². The number of nitrogens with zero attached hydrogens (tertiary/aromatic N) is 2. The summed E-state index contributed by atoms with van der Waals surface area (Å²) in [7, 11) is 0. The van der Waals surface area contributed by atoms with Crippen molar-refractivity contribution in [3.63, 3.8) is 0 Å². The highest BCUT2D eigenvalue weighted by Gasteiger charge is 2.26. The number of carbonyl (C=O) groups is 1. The highest BCUT2D eigenvalue weighted by Crippen LogP contribution is 2.22. The van der Waals surface area contributed by atoms with E-state index in [1.165, 1.54) is 12.4 Å². The summed E-state index contributed by atoms with van der Waals surface area (Å²) in [5.74, 6) is -0.0696. The number of aromatic nitrogens is 1. The molecule has 1 amide bonds. The van der Waals surface area contributed by atoms with Crippen molar-refractivity contribution >= 4 is 5.91 Å². The molecular weight excluding hydrogens is 268 g/mol. The summed E-state index contributed by atoms with van der Waals surface area (Å²) in [5, 5.41) is 11.0. The summed E-state index contributed by atoms with van der Waals surface area (Å²) >= 11 is 0. The average Bonchev–Trinajstić information content (AvgIpc) is 2.56. The van der Waals surface area contributed by atoms with E-state index in [9.17, 15) is 10.0 Å². The zero-order valence-electron chi connectivity index (χ0n) is 11.5. The van der Waals surface area contributed by atoms with Crippen LogP contribution < -0.4 is 4.73 Å². The fraction of sp³-hybridized carbons (Fsp3) is 0.250. The number of benzene rings is 1. The minimum atomic E-state index is -0.0999. The van der Waals surface area contributed by atoms with Crippen molar-refractivity contribution in [2.24, 2.45) is 0 Å². The maximum Gasteiger partial charge on any atom is 0.254 e. The summed E-state index contributed by atoms with van der Waals surface area (Å²) in [6.07, 6.45) is 2.57. The van der Waals surface area contributed by atoms with Gasteiger partial charge in [-0.25, -0.2) is 0 Å². The highest BCUT2D eigenvalue weighted by molar-refractivity contribution is 5.94. The molecule has 1 aliphatic heterocycles. The average molecular weight is 284 g/mol. The molecule has 0 unspecified atom stereocenters. The summed E-state index contributed by atoms with van der Waals surface area (Å²) in [4.78, 5) is 14.2. The van der Waals surface area contributed by atoms with Gasteiger partial charge in [0.15, 0.2) is 12.4 Å². The molecule has 5 heteroatoms. The second kappa shape index (κ2) is 5.93. The molecule has 0 spiro atoms. The fourth-order valence-corrected chi connectivity index (χ4v) is 2.44. The normalized spacial score (nSPS) is 18.5. The predicted octanol–water partition coefficient (Wildman–Crippen LogP) is 1.53. The van der Waals surface area contributed by atoms with Gasteiger partial charge < -0.3 is 14.8 Å². The first-order valence-electron chi connectivity index (χ1n) is 6.89. The molecule has 1 saturated heterocycles. The SMILES string of the molecule is O=C(c1cc[n+]([O-])cc1)N1CCO[C@@H](c2ccccc2)C1. The van der Waals surface area contributed by atoms with Gasteiger partial charge in [0.25, 0.3) is 5.91 Å². The molecule has 0 radical (unpaired) electrons. The molecule has 1 aliphatic rings. The first kappa shape index (κ1) is 13.6. The molecule has 1 aromatic carbocycles. The molecule has 0 bridgehead atoms. The molecular formula is C16H16N2O3. The van der Waals surface area contributed by atoms with E-state index in [0.29, 0.717) is 30.0 Å². The number of hydrogen-bond donors (Lipinski definition) is 0. The molecule has 3 rings (SSSR count). The second-order valence-electron chi connectivity index (χ2n) is 4.97. The maximum absolute atomic E-state index is 12.4. The van der Waals surface area contributed by atoms with Crippen LogP contribution in [0.15, 0.2) is 54.9 Å². The van der Waals surface area contributed by atoms with Gasteiger partial charge in [-0.15, -0.1) is 0 Å². The van der Waals surface area contributed by atoms with Crippen LogP contribution in [0.4, 0.5) is 0 Å². The Hall–Kier alpha value is -2.40. The Balaban J connectivity index is 1.74. The van der Waals surface area contributed by atoms with Gasteiger partial charge in [-0.3, -0.25) is 4.79 Å². The standard InChI is InChI=1S/C16H16N2O3/c19-16(14-6-8-18(20)9-7-14)17-10-11-21-15(12-17)13-4-2-1-3-5-13/h1-9,15H,10-12H2/t15-/m1/s1. The zero-order valence-corrected chi connectivity index (χ0v) is 11.5. The largest absolute Gasteiger partial charge is 0.619 e. The topological polar surface area (TPSA) is 56.5 Å². The molecule has 1 fully saturated rings. The monoisotopic (exact) mass is 284 g/mol. The van der Waals surface area contributed by atoms with Gasteiger partial charge in [-0.1, -0.05) is 30.3 Å². The number of hydrogen-bond acceptors (Lipinski definition) is 3. The second-order valence-corrected chi connectivity index (χ2v) is 4.97. The van der Waals surface area contributed by atoms with Crippen LogP contribution in [-0.4, -0.2) is 30.5 Å². The van der Waals surface area contributed by atoms with Gasteiger partial charge in [0.1, 0.15) is 6.10 Å². The van der Waals surface area contributed by atoms with Gasteiger partial charge in [0.2, 0.25) is 0 Å². The van der Waals surface area contributed by atoms with Crippen LogP contribution in [0.3, 0.4) is 0 Å². The lowest BCUT2D eigenvalue weighted by Crippen LogP contribution is -2.42. The smallest absolute Gasteiger partial charge is 0.254 e. The predicted molar refractivity (Wildman–Crippen MR) is 76.4 cm³/mol. The van der Waals surface area contributed by atoms with Gasteiger partial charge in [-0.2, -0.15) is 4.73 Å². The molecule has 21 heavy (non-hydrogen) atoms. The Morgan fingerprint density at radius 2 is 1.90 bits per heavy atom. The van der Waals surface area contributed by atoms with Crippen LogP contribution in [0.25, 0.3) is 0 Å². The van der Waals surface area contributed by atoms with Gasteiger partial charge in [0, 0.05) is 18.7 Å². The minimum absolute atomic E-state index is 0.0696. The van der Waals surface area contributed by atoms with Gasteiger partial charge in [-0.05, 0) is 5.56 Å². The van der Waals surface area contributed by atoms with Crippen LogP contribution in [0.5, 0.6) is 0 Å². The quantitative estimate of drug-likeness (QED) is 0.621. The summed E-state index contributed by atoms with van der Waals surface area (Å²) < 4.78 is 6.42. The third kappa shape index (κ3) is 3.03. The molecule has 1 aromatic heterocycles. The third-order valence-electron chi connectivity index (χ3n) is 3.57. The zero-order chi connectivity index (χ0) is 14.7. The summed E-state index contributed by atoms with van der Waals surface area (Å²) in [6.45, 7) is 1.60. The van der Waals surface area contributed by atoms with E-state index in [0.717, 1.165) is 5.56 Å². The molecule has 0 N–H and O–H groups in total.